The van der Waals surface area contributed by atoms with Crippen LogP contribution in [0.25, 0.3) is 0 Å². The van der Waals surface area contributed by atoms with Crippen molar-refractivity contribution in [3.63, 3.8) is 0 Å². The molecule has 0 saturated carbocycles. The summed E-state index contributed by atoms with van der Waals surface area (Å²) in [6.45, 7) is 3.10. The van der Waals surface area contributed by atoms with Gasteiger partial charge >= 0.3 is 0 Å². The van der Waals surface area contributed by atoms with Gasteiger partial charge in [-0.2, -0.15) is 0 Å². The van der Waals surface area contributed by atoms with Crippen LogP contribution in [0.5, 0.6) is 0 Å². The van der Waals surface area contributed by atoms with E-state index in [2.05, 4.69) is 15.6 Å². The molecule has 0 aromatic heterocycles. The fourth-order valence-electron chi connectivity index (χ4n) is 3.00. The lowest BCUT2D eigenvalue weighted by molar-refractivity contribution is 0.127. The molecule has 2 rings (SSSR count). The molecule has 0 amide bonds. The van der Waals surface area contributed by atoms with Crippen LogP contribution in [0.2, 0.25) is 0 Å². The van der Waals surface area contributed by atoms with Gasteiger partial charge in [0, 0.05) is 38.8 Å². The van der Waals surface area contributed by atoms with E-state index in [0.29, 0.717) is 6.61 Å². The molecule has 3 N–H and O–H groups in total. The highest BCUT2D eigenvalue weighted by Crippen LogP contribution is 2.31. The molecule has 5 nitrogen and oxygen atoms in total. The third-order valence-electron chi connectivity index (χ3n) is 4.51. The summed E-state index contributed by atoms with van der Waals surface area (Å²) in [6.07, 6.45) is 3.41. The highest BCUT2D eigenvalue weighted by Gasteiger charge is 2.34. The van der Waals surface area contributed by atoms with Gasteiger partial charge in [0.1, 0.15) is 5.82 Å². The first-order valence-electron chi connectivity index (χ1n) is 8.55. The summed E-state index contributed by atoms with van der Waals surface area (Å²) >= 11 is 0. The second-order valence-electron chi connectivity index (χ2n) is 6.36. The molecule has 1 unspecified atom stereocenters. The van der Waals surface area contributed by atoms with Gasteiger partial charge in [-0.05, 0) is 43.4 Å². The zero-order chi connectivity index (χ0) is 17.3. The zero-order valence-electron chi connectivity index (χ0n) is 14.4. The molecule has 0 bridgehead atoms. The topological polar surface area (TPSA) is 65.9 Å². The van der Waals surface area contributed by atoms with Crippen LogP contribution in [-0.2, 0) is 11.2 Å². The molecule has 1 atom stereocenters. The summed E-state index contributed by atoms with van der Waals surface area (Å²) in [5.74, 6) is 0.560. The largest absolute Gasteiger partial charge is 0.396 e. The molecule has 1 aromatic carbocycles. The number of halogens is 1. The van der Waals surface area contributed by atoms with Crippen molar-refractivity contribution in [2.24, 2.45) is 10.4 Å². The predicted octanol–water partition coefficient (Wildman–Crippen LogP) is 1.71. The molecule has 0 aliphatic carbocycles. The van der Waals surface area contributed by atoms with E-state index in [1.54, 1.807) is 19.2 Å². The van der Waals surface area contributed by atoms with Gasteiger partial charge in [0.2, 0.25) is 0 Å². The van der Waals surface area contributed by atoms with Crippen LogP contribution in [0.3, 0.4) is 0 Å². The van der Waals surface area contributed by atoms with Crippen molar-refractivity contribution in [1.29, 1.82) is 0 Å². The highest BCUT2D eigenvalue weighted by molar-refractivity contribution is 5.79. The van der Waals surface area contributed by atoms with E-state index in [0.717, 1.165) is 56.9 Å². The lowest BCUT2D eigenvalue weighted by Crippen LogP contribution is -2.44. The smallest absolute Gasteiger partial charge is 0.190 e. The second kappa shape index (κ2) is 9.59. The van der Waals surface area contributed by atoms with Gasteiger partial charge in [-0.3, -0.25) is 4.99 Å². The average Bonchev–Trinajstić information content (AvgIpc) is 3.03. The predicted molar refractivity (Wildman–Crippen MR) is 93.7 cm³/mol. The van der Waals surface area contributed by atoms with Gasteiger partial charge in [-0.15, -0.1) is 0 Å². The van der Waals surface area contributed by atoms with Crippen LogP contribution >= 0.6 is 0 Å². The van der Waals surface area contributed by atoms with Crippen LogP contribution < -0.4 is 10.6 Å². The van der Waals surface area contributed by atoms with Gasteiger partial charge in [0.15, 0.2) is 5.96 Å². The minimum Gasteiger partial charge on any atom is -0.396 e. The number of hydrogen-bond donors (Lipinski definition) is 3. The molecule has 1 fully saturated rings. The van der Waals surface area contributed by atoms with Crippen molar-refractivity contribution < 1.29 is 14.2 Å². The number of hydrogen-bond acceptors (Lipinski definition) is 3. The van der Waals surface area contributed by atoms with E-state index >= 15 is 0 Å². The number of aliphatic hydroxyl groups is 1. The van der Waals surface area contributed by atoms with Crippen molar-refractivity contribution in [3.8, 4) is 0 Å². The number of ether oxygens (including phenoxy) is 1. The minimum atomic E-state index is -0.189. The third-order valence-corrected chi connectivity index (χ3v) is 4.51. The molecule has 1 aromatic rings. The summed E-state index contributed by atoms with van der Waals surface area (Å²) in [4.78, 5) is 4.23. The van der Waals surface area contributed by atoms with Crippen molar-refractivity contribution >= 4 is 5.96 Å². The van der Waals surface area contributed by atoms with Crippen LogP contribution in [0.4, 0.5) is 4.39 Å². The number of aryl methyl sites for hydroxylation is 1. The first kappa shape index (κ1) is 18.7. The number of aliphatic hydroxyl groups excluding tert-OH is 1. The summed E-state index contributed by atoms with van der Waals surface area (Å²) in [7, 11) is 1.74. The fraction of sp³-hybridized carbons (Fsp3) is 0.611. The van der Waals surface area contributed by atoms with Crippen LogP contribution in [0.15, 0.2) is 29.3 Å². The average molecular weight is 337 g/mol. The molecule has 1 heterocycles. The number of aliphatic imine (C=N–C) groups is 1. The van der Waals surface area contributed by atoms with E-state index in [9.17, 15) is 9.50 Å². The number of guanidine groups is 1. The Hall–Kier alpha value is -1.66. The van der Waals surface area contributed by atoms with E-state index in [1.165, 1.54) is 6.07 Å². The van der Waals surface area contributed by atoms with Gasteiger partial charge < -0.3 is 20.5 Å². The van der Waals surface area contributed by atoms with Crippen LogP contribution in [0.1, 0.15) is 24.8 Å². The maximum Gasteiger partial charge on any atom is 0.190 e. The fourth-order valence-corrected chi connectivity index (χ4v) is 3.00. The molecule has 0 radical (unpaired) electrons. The van der Waals surface area contributed by atoms with Gasteiger partial charge in [-0.1, -0.05) is 12.1 Å². The Bertz CT molecular complexity index is 531. The Morgan fingerprint density at radius 1 is 1.42 bits per heavy atom. The molecular weight excluding hydrogens is 309 g/mol. The van der Waals surface area contributed by atoms with Gasteiger partial charge in [-0.25, -0.2) is 4.39 Å². The maximum atomic E-state index is 13.1. The summed E-state index contributed by atoms with van der Waals surface area (Å²) in [5, 5.41) is 15.9. The second-order valence-corrected chi connectivity index (χ2v) is 6.36. The molecule has 6 heteroatoms. The van der Waals surface area contributed by atoms with E-state index in [4.69, 9.17) is 4.74 Å². The molecule has 1 aliphatic heterocycles. The Morgan fingerprint density at radius 3 is 2.96 bits per heavy atom. The third kappa shape index (κ3) is 5.76. The number of nitrogens with one attached hydrogen (secondary N) is 2. The Kier molecular flexibility index (Phi) is 7.46. The summed E-state index contributed by atoms with van der Waals surface area (Å²) in [5.41, 5.74) is 0.998. The molecule has 24 heavy (non-hydrogen) atoms. The van der Waals surface area contributed by atoms with E-state index in [1.807, 2.05) is 6.07 Å². The van der Waals surface area contributed by atoms with Crippen LogP contribution in [0, 0.1) is 11.2 Å². The Labute approximate surface area is 143 Å². The van der Waals surface area contributed by atoms with Crippen LogP contribution in [-0.4, -0.2) is 51.0 Å². The summed E-state index contributed by atoms with van der Waals surface area (Å²) < 4.78 is 18.6. The molecule has 1 saturated heterocycles. The highest BCUT2D eigenvalue weighted by atomic mass is 19.1. The van der Waals surface area contributed by atoms with Crippen molar-refractivity contribution in [2.75, 3.05) is 40.0 Å². The molecule has 134 valence electrons. The normalized spacial score (nSPS) is 21.0. The Balaban J connectivity index is 1.70. The van der Waals surface area contributed by atoms with Gasteiger partial charge in [0.05, 0.1) is 6.61 Å². The van der Waals surface area contributed by atoms with Crippen molar-refractivity contribution in [3.05, 3.63) is 35.6 Å². The SMILES string of the molecule is CN=C(NCCCc1cccc(F)c1)NCC1(CCO)CCOC1. The first-order chi connectivity index (χ1) is 11.7. The molecular formula is C18H28FN3O2. The van der Waals surface area contributed by atoms with Crippen molar-refractivity contribution in [2.45, 2.75) is 25.7 Å². The number of nitrogens with zero attached hydrogens (tertiary/aromatic N) is 1. The summed E-state index contributed by atoms with van der Waals surface area (Å²) in [6, 6.07) is 6.71. The lowest BCUT2D eigenvalue weighted by Gasteiger charge is -2.27. The standard InChI is InChI=1S/C18H28FN3O2/c1-20-17(22-13-18(7-10-23)8-11-24-14-18)21-9-3-5-15-4-2-6-16(19)12-15/h2,4,6,12,23H,3,5,7-11,13-14H2,1H3,(H2,20,21,22). The van der Waals surface area contributed by atoms with Gasteiger partial charge in [0.25, 0.3) is 0 Å². The Morgan fingerprint density at radius 2 is 2.29 bits per heavy atom. The lowest BCUT2D eigenvalue weighted by atomic mass is 9.84. The van der Waals surface area contributed by atoms with E-state index in [-0.39, 0.29) is 17.8 Å². The van der Waals surface area contributed by atoms with E-state index < -0.39 is 0 Å². The maximum absolute atomic E-state index is 13.1. The first-order valence-corrected chi connectivity index (χ1v) is 8.55. The minimum absolute atomic E-state index is 0.00602. The monoisotopic (exact) mass is 337 g/mol. The number of rotatable bonds is 8. The molecule has 0 spiro atoms. The number of benzene rings is 1. The molecule has 1 aliphatic rings. The zero-order valence-corrected chi connectivity index (χ0v) is 14.4. The quantitative estimate of drug-likeness (QED) is 0.384. The van der Waals surface area contributed by atoms with Crippen molar-refractivity contribution in [1.82, 2.24) is 10.6 Å².